The van der Waals surface area contributed by atoms with Gasteiger partial charge in [-0.15, -0.1) is 0 Å². The smallest absolute Gasteiger partial charge is 0.252 e. The molecule has 24 heavy (non-hydrogen) atoms. The molecule has 0 aliphatic carbocycles. The highest BCUT2D eigenvalue weighted by atomic mass is 16.5. The van der Waals surface area contributed by atoms with Crippen LogP contribution in [0.4, 0.5) is 11.6 Å². The number of rotatable bonds is 6. The maximum absolute atomic E-state index is 11.7. The molecule has 0 saturated carbocycles. The number of H-pyrrole nitrogens is 1. The first-order valence-corrected chi connectivity index (χ1v) is 8.40. The number of aromatic nitrogens is 2. The largest absolute Gasteiger partial charge is 0.378 e. The first kappa shape index (κ1) is 16.7. The van der Waals surface area contributed by atoms with E-state index in [1.165, 1.54) is 44.0 Å². The van der Waals surface area contributed by atoms with E-state index in [0.717, 1.165) is 12.2 Å². The van der Waals surface area contributed by atoms with Crippen LogP contribution < -0.4 is 10.9 Å². The zero-order valence-electron chi connectivity index (χ0n) is 14.0. The molecule has 1 aromatic heterocycles. The summed E-state index contributed by atoms with van der Waals surface area (Å²) in [6.45, 7) is 3.70. The van der Waals surface area contributed by atoms with Crippen molar-refractivity contribution in [3.05, 3.63) is 51.9 Å². The van der Waals surface area contributed by atoms with Crippen LogP contribution in [-0.2, 0) is 17.9 Å². The molecule has 0 spiro atoms. The minimum atomic E-state index is -0.193. The van der Waals surface area contributed by atoms with E-state index in [0.29, 0.717) is 18.2 Å². The minimum absolute atomic E-state index is 0.193. The number of nitrogens with zero attached hydrogens (tertiary/aromatic N) is 2. The molecule has 0 amide bonds. The van der Waals surface area contributed by atoms with Crippen LogP contribution in [0.25, 0.3) is 0 Å². The highest BCUT2D eigenvalue weighted by Gasteiger charge is 2.10. The van der Waals surface area contributed by atoms with Crippen molar-refractivity contribution < 1.29 is 4.74 Å². The average molecular weight is 328 g/mol. The van der Waals surface area contributed by atoms with Crippen LogP contribution in [-0.4, -0.2) is 35.1 Å². The fraction of sp³-hybridized carbons (Fsp3) is 0.444. The quantitative estimate of drug-likeness (QED) is 0.853. The lowest BCUT2D eigenvalue weighted by molar-refractivity contribution is 0.181. The number of anilines is 2. The van der Waals surface area contributed by atoms with E-state index in [2.05, 4.69) is 32.3 Å². The molecule has 1 aliphatic rings. The molecule has 0 unspecified atom stereocenters. The number of likely N-dealkylation sites (tertiary alicyclic amines) is 1. The van der Waals surface area contributed by atoms with Gasteiger partial charge in [-0.25, -0.2) is 4.98 Å². The van der Waals surface area contributed by atoms with Crippen molar-refractivity contribution in [2.45, 2.75) is 32.4 Å². The lowest BCUT2D eigenvalue weighted by Gasteiger charge is -2.26. The van der Waals surface area contributed by atoms with Gasteiger partial charge in [-0.3, -0.25) is 14.7 Å². The van der Waals surface area contributed by atoms with E-state index in [1.54, 1.807) is 7.11 Å². The molecule has 2 heterocycles. The lowest BCUT2D eigenvalue weighted by atomic mass is 10.1. The standard InChI is InChI=1S/C18H24N4O2/c1-24-13-16-11-17(23)21-18(20-16)19-15-7-5-14(6-8-15)12-22-9-3-2-4-10-22/h5-8,11H,2-4,9-10,12-13H2,1H3,(H2,19,20,21,23). The van der Waals surface area contributed by atoms with Gasteiger partial charge in [0.05, 0.1) is 12.3 Å². The van der Waals surface area contributed by atoms with Gasteiger partial charge in [0.15, 0.2) is 0 Å². The topological polar surface area (TPSA) is 70.2 Å². The molecule has 1 fully saturated rings. The normalized spacial score (nSPS) is 15.4. The zero-order valence-corrected chi connectivity index (χ0v) is 14.0. The van der Waals surface area contributed by atoms with Crippen molar-refractivity contribution in [3.8, 4) is 0 Å². The van der Waals surface area contributed by atoms with Crippen LogP contribution in [0.15, 0.2) is 35.1 Å². The van der Waals surface area contributed by atoms with E-state index in [1.807, 2.05) is 12.1 Å². The third kappa shape index (κ3) is 4.66. The van der Waals surface area contributed by atoms with Crippen LogP contribution in [0.1, 0.15) is 30.5 Å². The first-order valence-electron chi connectivity index (χ1n) is 8.40. The van der Waals surface area contributed by atoms with E-state index in [-0.39, 0.29) is 5.56 Å². The fourth-order valence-corrected chi connectivity index (χ4v) is 2.99. The van der Waals surface area contributed by atoms with Crippen LogP contribution in [0.2, 0.25) is 0 Å². The number of nitrogens with one attached hydrogen (secondary N) is 2. The molecule has 6 nitrogen and oxygen atoms in total. The molecule has 3 rings (SSSR count). The third-order valence-electron chi connectivity index (χ3n) is 4.16. The second kappa shape index (κ2) is 8.08. The Morgan fingerprint density at radius 3 is 2.67 bits per heavy atom. The highest BCUT2D eigenvalue weighted by Crippen LogP contribution is 2.17. The second-order valence-corrected chi connectivity index (χ2v) is 6.18. The van der Waals surface area contributed by atoms with Crippen molar-refractivity contribution in [3.63, 3.8) is 0 Å². The summed E-state index contributed by atoms with van der Waals surface area (Å²) in [4.78, 5) is 21.2. The van der Waals surface area contributed by atoms with E-state index in [9.17, 15) is 4.79 Å². The van der Waals surface area contributed by atoms with Gasteiger partial charge < -0.3 is 10.1 Å². The third-order valence-corrected chi connectivity index (χ3v) is 4.16. The Hall–Kier alpha value is -2.18. The van der Waals surface area contributed by atoms with Gasteiger partial charge >= 0.3 is 0 Å². The van der Waals surface area contributed by atoms with Gasteiger partial charge in [-0.05, 0) is 43.6 Å². The Labute approximate surface area is 141 Å². The maximum atomic E-state index is 11.7. The van der Waals surface area contributed by atoms with Crippen LogP contribution in [0.3, 0.4) is 0 Å². The Morgan fingerprint density at radius 2 is 1.96 bits per heavy atom. The molecule has 1 aliphatic heterocycles. The van der Waals surface area contributed by atoms with Crippen molar-refractivity contribution >= 4 is 11.6 Å². The van der Waals surface area contributed by atoms with Crippen molar-refractivity contribution in [2.75, 3.05) is 25.5 Å². The van der Waals surface area contributed by atoms with Crippen LogP contribution >= 0.6 is 0 Å². The Morgan fingerprint density at radius 1 is 1.21 bits per heavy atom. The molecule has 2 N–H and O–H groups in total. The summed E-state index contributed by atoms with van der Waals surface area (Å²) < 4.78 is 5.03. The number of ether oxygens (including phenoxy) is 1. The number of methoxy groups -OCH3 is 1. The Kier molecular flexibility index (Phi) is 5.61. The van der Waals surface area contributed by atoms with Crippen LogP contribution in [0.5, 0.6) is 0 Å². The van der Waals surface area contributed by atoms with Gasteiger partial charge in [0.2, 0.25) is 5.95 Å². The number of benzene rings is 1. The SMILES string of the molecule is COCc1cc(=O)[nH]c(Nc2ccc(CN3CCCCC3)cc2)n1. The highest BCUT2D eigenvalue weighted by molar-refractivity contribution is 5.53. The fourth-order valence-electron chi connectivity index (χ4n) is 2.99. The van der Waals surface area contributed by atoms with Gasteiger partial charge in [0.1, 0.15) is 0 Å². The summed E-state index contributed by atoms with van der Waals surface area (Å²) in [5, 5.41) is 3.14. The summed E-state index contributed by atoms with van der Waals surface area (Å²) >= 11 is 0. The average Bonchev–Trinajstić information content (AvgIpc) is 2.57. The Balaban J connectivity index is 1.64. The minimum Gasteiger partial charge on any atom is -0.378 e. The van der Waals surface area contributed by atoms with E-state index >= 15 is 0 Å². The van der Waals surface area contributed by atoms with Gasteiger partial charge in [-0.2, -0.15) is 0 Å². The zero-order chi connectivity index (χ0) is 16.8. The van der Waals surface area contributed by atoms with E-state index in [4.69, 9.17) is 4.74 Å². The lowest BCUT2D eigenvalue weighted by Crippen LogP contribution is -2.29. The molecule has 0 bridgehead atoms. The predicted molar refractivity (Wildman–Crippen MR) is 94.4 cm³/mol. The second-order valence-electron chi connectivity index (χ2n) is 6.18. The van der Waals surface area contributed by atoms with E-state index < -0.39 is 0 Å². The summed E-state index contributed by atoms with van der Waals surface area (Å²) in [7, 11) is 1.58. The molecule has 128 valence electrons. The van der Waals surface area contributed by atoms with Crippen LogP contribution in [0, 0.1) is 0 Å². The van der Waals surface area contributed by atoms with Gasteiger partial charge in [0, 0.05) is 25.4 Å². The first-order chi connectivity index (χ1) is 11.7. The van der Waals surface area contributed by atoms with Gasteiger partial charge in [-0.1, -0.05) is 18.6 Å². The molecule has 1 aromatic carbocycles. The summed E-state index contributed by atoms with van der Waals surface area (Å²) in [5.41, 5.74) is 2.61. The van der Waals surface area contributed by atoms with Crippen molar-refractivity contribution in [1.82, 2.24) is 14.9 Å². The number of piperidine rings is 1. The van der Waals surface area contributed by atoms with Gasteiger partial charge in [0.25, 0.3) is 5.56 Å². The molecule has 0 radical (unpaired) electrons. The summed E-state index contributed by atoms with van der Waals surface area (Å²) in [6, 6.07) is 9.71. The monoisotopic (exact) mass is 328 g/mol. The summed E-state index contributed by atoms with van der Waals surface area (Å²) in [5.74, 6) is 0.429. The molecular formula is C18H24N4O2. The molecular weight excluding hydrogens is 304 g/mol. The number of hydrogen-bond acceptors (Lipinski definition) is 5. The Bertz CT molecular complexity index is 706. The van der Waals surface area contributed by atoms with Crippen molar-refractivity contribution in [1.29, 1.82) is 0 Å². The molecule has 2 aromatic rings. The molecule has 0 atom stereocenters. The predicted octanol–water partition coefficient (Wildman–Crippen LogP) is 2.65. The summed E-state index contributed by atoms with van der Waals surface area (Å²) in [6.07, 6.45) is 3.96. The number of hydrogen-bond donors (Lipinski definition) is 2. The molecule has 1 saturated heterocycles. The van der Waals surface area contributed by atoms with Crippen molar-refractivity contribution in [2.24, 2.45) is 0 Å². The molecule has 6 heteroatoms. The number of aromatic amines is 1. The maximum Gasteiger partial charge on any atom is 0.252 e.